The van der Waals surface area contributed by atoms with Gasteiger partial charge in [-0.15, -0.1) is 0 Å². The van der Waals surface area contributed by atoms with Crippen LogP contribution in [0.2, 0.25) is 5.02 Å². The molecule has 0 aliphatic rings. The molecular formula is C25H25ClN6O3. The summed E-state index contributed by atoms with van der Waals surface area (Å²) >= 11 is 6.34. The van der Waals surface area contributed by atoms with E-state index in [0.29, 0.717) is 50.8 Å². The quantitative estimate of drug-likeness (QED) is 0.330. The van der Waals surface area contributed by atoms with Gasteiger partial charge in [-0.1, -0.05) is 17.7 Å². The van der Waals surface area contributed by atoms with Crippen LogP contribution in [0.5, 0.6) is 11.5 Å². The highest BCUT2D eigenvalue weighted by molar-refractivity contribution is 6.32. The molecule has 4 rings (SSSR count). The Morgan fingerprint density at radius 2 is 1.91 bits per heavy atom. The van der Waals surface area contributed by atoms with Gasteiger partial charge < -0.3 is 20.1 Å². The lowest BCUT2D eigenvalue weighted by Gasteiger charge is -2.13. The number of hydrogen-bond acceptors (Lipinski definition) is 7. The molecule has 0 aliphatic carbocycles. The molecule has 35 heavy (non-hydrogen) atoms. The summed E-state index contributed by atoms with van der Waals surface area (Å²) in [7, 11) is 3.10. The van der Waals surface area contributed by atoms with Crippen LogP contribution in [0.1, 0.15) is 30.2 Å². The maximum absolute atomic E-state index is 12.8. The SMILES string of the molecule is COc1cccc(NC(=O)c2ccc(Nc3ncc(Cl)c(-c4ccn(C(C)C)n4)n3)c(OC)c2)c1. The van der Waals surface area contributed by atoms with Crippen molar-refractivity contribution in [2.75, 3.05) is 24.9 Å². The topological polar surface area (TPSA) is 103 Å². The lowest BCUT2D eigenvalue weighted by Crippen LogP contribution is -2.12. The fraction of sp³-hybridized carbons (Fsp3) is 0.200. The summed E-state index contributed by atoms with van der Waals surface area (Å²) in [5.41, 5.74) is 2.79. The van der Waals surface area contributed by atoms with E-state index in [4.69, 9.17) is 21.1 Å². The van der Waals surface area contributed by atoms with Crippen molar-refractivity contribution in [2.45, 2.75) is 19.9 Å². The minimum Gasteiger partial charge on any atom is -0.497 e. The number of aromatic nitrogens is 4. The predicted molar refractivity (Wildman–Crippen MR) is 136 cm³/mol. The van der Waals surface area contributed by atoms with Crippen LogP contribution in [-0.4, -0.2) is 39.9 Å². The highest BCUT2D eigenvalue weighted by atomic mass is 35.5. The predicted octanol–water partition coefficient (Wildman–Crippen LogP) is 5.59. The van der Waals surface area contributed by atoms with Gasteiger partial charge in [-0.25, -0.2) is 9.97 Å². The number of carbonyl (C=O) groups excluding carboxylic acids is 1. The maximum atomic E-state index is 12.8. The molecule has 0 radical (unpaired) electrons. The third-order valence-corrected chi connectivity index (χ3v) is 5.44. The third-order valence-electron chi connectivity index (χ3n) is 5.16. The van der Waals surface area contributed by atoms with Gasteiger partial charge in [-0.3, -0.25) is 9.48 Å². The Kier molecular flexibility index (Phi) is 7.17. The van der Waals surface area contributed by atoms with Crippen molar-refractivity contribution >= 4 is 34.8 Å². The molecule has 0 saturated carbocycles. The van der Waals surface area contributed by atoms with Crippen LogP contribution in [0, 0.1) is 0 Å². The summed E-state index contributed by atoms with van der Waals surface area (Å²) < 4.78 is 12.5. The van der Waals surface area contributed by atoms with E-state index in [9.17, 15) is 4.79 Å². The molecule has 9 nitrogen and oxygen atoms in total. The first-order valence-electron chi connectivity index (χ1n) is 10.9. The average Bonchev–Trinajstić information content (AvgIpc) is 3.36. The van der Waals surface area contributed by atoms with E-state index in [-0.39, 0.29) is 11.9 Å². The standard InChI is InChI=1S/C25H25ClN6O3/c1-15(2)32-11-10-21(31-32)23-19(26)14-27-25(30-23)29-20-9-8-16(12-22(20)35-4)24(33)28-17-6-5-7-18(13-17)34-3/h5-15H,1-4H3,(H,28,33)(H,27,29,30). The summed E-state index contributed by atoms with van der Waals surface area (Å²) in [5, 5.41) is 10.9. The van der Waals surface area contributed by atoms with E-state index in [1.54, 1.807) is 49.6 Å². The molecule has 2 heterocycles. The number of halogens is 1. The summed E-state index contributed by atoms with van der Waals surface area (Å²) in [6, 6.07) is 14.2. The van der Waals surface area contributed by atoms with Crippen molar-refractivity contribution in [3.8, 4) is 22.9 Å². The van der Waals surface area contributed by atoms with Crippen LogP contribution in [0.15, 0.2) is 60.9 Å². The van der Waals surface area contributed by atoms with Gasteiger partial charge in [0.2, 0.25) is 5.95 Å². The van der Waals surface area contributed by atoms with Crippen LogP contribution in [0.25, 0.3) is 11.4 Å². The van der Waals surface area contributed by atoms with E-state index in [1.807, 2.05) is 30.8 Å². The van der Waals surface area contributed by atoms with Crippen molar-refractivity contribution in [2.24, 2.45) is 0 Å². The zero-order valence-electron chi connectivity index (χ0n) is 19.7. The Hall–Kier alpha value is -4.11. The largest absolute Gasteiger partial charge is 0.497 e. The van der Waals surface area contributed by atoms with Crippen molar-refractivity contribution in [3.63, 3.8) is 0 Å². The molecule has 0 unspecified atom stereocenters. The molecule has 0 fully saturated rings. The zero-order valence-corrected chi connectivity index (χ0v) is 20.5. The number of rotatable bonds is 8. The Labute approximate surface area is 208 Å². The van der Waals surface area contributed by atoms with E-state index in [2.05, 4.69) is 25.7 Å². The Balaban J connectivity index is 1.55. The number of nitrogens with one attached hydrogen (secondary N) is 2. The molecule has 180 valence electrons. The number of carbonyl (C=O) groups is 1. The van der Waals surface area contributed by atoms with Gasteiger partial charge in [-0.05, 0) is 50.2 Å². The molecule has 0 spiro atoms. The molecule has 4 aromatic rings. The van der Waals surface area contributed by atoms with Gasteiger partial charge in [0, 0.05) is 29.6 Å². The lowest BCUT2D eigenvalue weighted by molar-refractivity contribution is 0.102. The number of amides is 1. The van der Waals surface area contributed by atoms with Crippen molar-refractivity contribution < 1.29 is 14.3 Å². The zero-order chi connectivity index (χ0) is 24.9. The highest BCUT2D eigenvalue weighted by Gasteiger charge is 2.15. The normalized spacial score (nSPS) is 10.8. The van der Waals surface area contributed by atoms with E-state index in [0.717, 1.165) is 0 Å². The third kappa shape index (κ3) is 5.52. The molecular weight excluding hydrogens is 468 g/mol. The number of methoxy groups -OCH3 is 2. The monoisotopic (exact) mass is 492 g/mol. The summed E-state index contributed by atoms with van der Waals surface area (Å²) in [5.74, 6) is 1.13. The van der Waals surface area contributed by atoms with Gasteiger partial charge in [0.1, 0.15) is 22.9 Å². The second-order valence-electron chi connectivity index (χ2n) is 7.89. The number of nitrogens with zero attached hydrogens (tertiary/aromatic N) is 4. The number of benzene rings is 2. The fourth-order valence-corrected chi connectivity index (χ4v) is 3.51. The first-order valence-corrected chi connectivity index (χ1v) is 11.2. The van der Waals surface area contributed by atoms with E-state index >= 15 is 0 Å². The van der Waals surface area contributed by atoms with Gasteiger partial charge >= 0.3 is 0 Å². The minimum absolute atomic E-state index is 0.214. The Bertz CT molecular complexity index is 1350. The molecule has 0 aliphatic heterocycles. The molecule has 1 amide bonds. The number of anilines is 3. The van der Waals surface area contributed by atoms with Gasteiger partial charge in [0.05, 0.1) is 31.1 Å². The Morgan fingerprint density at radius 3 is 2.63 bits per heavy atom. The van der Waals surface area contributed by atoms with Crippen molar-refractivity contribution in [1.82, 2.24) is 19.7 Å². The second kappa shape index (κ2) is 10.4. The van der Waals surface area contributed by atoms with Gasteiger partial charge in [0.25, 0.3) is 5.91 Å². The molecule has 2 aromatic carbocycles. The average molecular weight is 493 g/mol. The highest BCUT2D eigenvalue weighted by Crippen LogP contribution is 2.30. The summed E-state index contributed by atoms with van der Waals surface area (Å²) in [6.45, 7) is 4.08. The fourth-order valence-electron chi connectivity index (χ4n) is 3.32. The minimum atomic E-state index is -0.283. The molecule has 10 heteroatoms. The van der Waals surface area contributed by atoms with Crippen LogP contribution in [0.3, 0.4) is 0 Å². The summed E-state index contributed by atoms with van der Waals surface area (Å²) in [4.78, 5) is 21.6. The lowest BCUT2D eigenvalue weighted by atomic mass is 10.1. The van der Waals surface area contributed by atoms with Crippen LogP contribution in [-0.2, 0) is 0 Å². The Morgan fingerprint density at radius 1 is 1.09 bits per heavy atom. The second-order valence-corrected chi connectivity index (χ2v) is 8.30. The number of hydrogen-bond donors (Lipinski definition) is 2. The smallest absolute Gasteiger partial charge is 0.255 e. The van der Waals surface area contributed by atoms with Crippen LogP contribution < -0.4 is 20.1 Å². The van der Waals surface area contributed by atoms with Crippen LogP contribution >= 0.6 is 11.6 Å². The van der Waals surface area contributed by atoms with Crippen molar-refractivity contribution in [3.05, 3.63) is 71.5 Å². The molecule has 0 bridgehead atoms. The molecule has 2 aromatic heterocycles. The maximum Gasteiger partial charge on any atom is 0.255 e. The first-order chi connectivity index (χ1) is 16.9. The number of ether oxygens (including phenoxy) is 2. The van der Waals surface area contributed by atoms with Crippen LogP contribution in [0.4, 0.5) is 17.3 Å². The van der Waals surface area contributed by atoms with Gasteiger partial charge in [0.15, 0.2) is 0 Å². The van der Waals surface area contributed by atoms with Crippen molar-refractivity contribution in [1.29, 1.82) is 0 Å². The van der Waals surface area contributed by atoms with Gasteiger partial charge in [-0.2, -0.15) is 5.10 Å². The summed E-state index contributed by atoms with van der Waals surface area (Å²) in [6.07, 6.45) is 3.40. The first kappa shape index (κ1) is 24.0. The molecule has 2 N–H and O–H groups in total. The molecule has 0 atom stereocenters. The van der Waals surface area contributed by atoms with E-state index in [1.165, 1.54) is 13.3 Å². The molecule has 0 saturated heterocycles. The van der Waals surface area contributed by atoms with E-state index < -0.39 is 0 Å².